The summed E-state index contributed by atoms with van der Waals surface area (Å²) in [4.78, 5) is 86.3. The Bertz CT molecular complexity index is 976. The largest absolute Gasteiger partial charge is 0.481 e. The molecule has 0 aromatic carbocycles. The SMILES string of the molecule is CCC(=O)C(CCC(=O)O)NC.CCC(=O)C(CCC(N)=O)NC.CNC(=O)CCC(NC)C(=O)O.CNC1CCC(=O)C(C)C1=O.N.O.O. The molecule has 296 valence electrons. The second-order valence-corrected chi connectivity index (χ2v) is 10.6. The zero-order valence-electron chi connectivity index (χ0n) is 30.9. The molecule has 16 N–H and O–H groups in total. The molecule has 1 aliphatic carbocycles. The van der Waals surface area contributed by atoms with Crippen molar-refractivity contribution < 1.29 is 59.5 Å². The minimum Gasteiger partial charge on any atom is -0.481 e. The molecule has 0 spiro atoms. The summed E-state index contributed by atoms with van der Waals surface area (Å²) in [6, 6.07) is -1.25. The fourth-order valence-corrected chi connectivity index (χ4v) is 4.16. The monoisotopic (exact) mass is 727 g/mol. The maximum Gasteiger partial charge on any atom is 0.320 e. The van der Waals surface area contributed by atoms with E-state index in [9.17, 15) is 38.4 Å². The number of hydrogen-bond acceptors (Lipinski definition) is 13. The Labute approximate surface area is 295 Å². The quantitative estimate of drug-likeness (QED) is 0.0695. The van der Waals surface area contributed by atoms with E-state index in [2.05, 4.69) is 26.6 Å². The van der Waals surface area contributed by atoms with Gasteiger partial charge in [-0.2, -0.15) is 0 Å². The molecule has 5 atom stereocenters. The normalized spacial score (nSPS) is 16.1. The summed E-state index contributed by atoms with van der Waals surface area (Å²) < 4.78 is 0. The van der Waals surface area contributed by atoms with E-state index in [0.717, 1.165) is 0 Å². The highest BCUT2D eigenvalue weighted by molar-refractivity contribution is 6.06. The number of primary amides is 1. The average Bonchev–Trinajstić information content (AvgIpc) is 3.04. The molecule has 0 heterocycles. The molecule has 50 heavy (non-hydrogen) atoms. The Morgan fingerprint density at radius 1 is 0.760 bits per heavy atom. The molecule has 1 saturated carbocycles. The lowest BCUT2D eigenvalue weighted by Crippen LogP contribution is -2.44. The van der Waals surface area contributed by atoms with E-state index >= 15 is 0 Å². The maximum atomic E-state index is 11.3. The second kappa shape index (κ2) is 35.1. The molecule has 1 fully saturated rings. The van der Waals surface area contributed by atoms with E-state index in [-0.39, 0.29) is 95.4 Å². The molecule has 0 aliphatic heterocycles. The number of carbonyl (C=O) groups excluding carboxylic acids is 6. The van der Waals surface area contributed by atoms with E-state index in [0.29, 0.717) is 44.9 Å². The van der Waals surface area contributed by atoms with Gasteiger partial charge in [-0.15, -0.1) is 0 Å². The van der Waals surface area contributed by atoms with Crippen molar-refractivity contribution in [2.45, 2.75) is 109 Å². The summed E-state index contributed by atoms with van der Waals surface area (Å²) in [5.41, 5.74) is 4.96. The van der Waals surface area contributed by atoms with Crippen LogP contribution in [0, 0.1) is 5.92 Å². The molecule has 0 radical (unpaired) electrons. The zero-order valence-corrected chi connectivity index (χ0v) is 30.9. The molecule has 0 aromatic rings. The Morgan fingerprint density at radius 3 is 1.50 bits per heavy atom. The predicted octanol–water partition coefficient (Wildman–Crippen LogP) is -1.92. The standard InChI is InChI=1S/C8H16N2O2.C8H15NO3.C8H13NO2.C7H14N2O3.H3N.2H2O/c1-3-7(11)6(10-2)4-5-8(9)12;1-3-7(10)6(9-2)4-5-8(11)12;1-5-7(10)4-3-6(9-2)8(5)11;1-8-5(7(11)12)3-4-6(10)9-2;;;/h6,10H,3-5H2,1-2H3,(H2,9,12);6,9H,3-5H2,1-2H3,(H,11,12);5-6,9H,3-4H2,1-2H3;5,8H,3-4H2,1-2H3,(H,9,10)(H,11,12);1H3;2*1H2. The predicted molar refractivity (Wildman–Crippen MR) is 189 cm³/mol. The number of ketones is 4. The van der Waals surface area contributed by atoms with Gasteiger partial charge in [-0.1, -0.05) is 13.8 Å². The Morgan fingerprint density at radius 2 is 1.18 bits per heavy atom. The van der Waals surface area contributed by atoms with E-state index in [1.54, 1.807) is 49.0 Å². The van der Waals surface area contributed by atoms with Crippen molar-refractivity contribution in [3.8, 4) is 0 Å². The zero-order chi connectivity index (χ0) is 37.1. The van der Waals surface area contributed by atoms with Crippen LogP contribution in [0.3, 0.4) is 0 Å². The third-order valence-electron chi connectivity index (χ3n) is 7.36. The van der Waals surface area contributed by atoms with Gasteiger partial charge in [0, 0.05) is 45.6 Å². The third kappa shape index (κ3) is 28.2. The van der Waals surface area contributed by atoms with Gasteiger partial charge in [0.1, 0.15) is 23.4 Å². The van der Waals surface area contributed by atoms with Crippen LogP contribution in [0.25, 0.3) is 0 Å². The molecule has 2 amide bonds. The molecule has 19 nitrogen and oxygen atoms in total. The van der Waals surface area contributed by atoms with Crippen LogP contribution >= 0.6 is 0 Å². The lowest BCUT2D eigenvalue weighted by molar-refractivity contribution is -0.140. The highest BCUT2D eigenvalue weighted by atomic mass is 16.4. The summed E-state index contributed by atoms with van der Waals surface area (Å²) in [6.07, 6.45) is 3.86. The number of nitrogens with one attached hydrogen (secondary N) is 5. The second-order valence-electron chi connectivity index (χ2n) is 10.6. The number of carbonyl (C=O) groups is 8. The first kappa shape index (κ1) is 58.5. The van der Waals surface area contributed by atoms with Gasteiger partial charge < -0.3 is 59.6 Å². The van der Waals surface area contributed by atoms with Crippen LogP contribution in [-0.4, -0.2) is 127 Å². The first-order valence-electron chi connectivity index (χ1n) is 15.8. The number of aliphatic carboxylic acids is 2. The Kier molecular flexibility index (Phi) is 41.1. The molecule has 19 heteroatoms. The van der Waals surface area contributed by atoms with Crippen molar-refractivity contribution in [3.63, 3.8) is 0 Å². The van der Waals surface area contributed by atoms with Crippen molar-refractivity contribution in [2.24, 2.45) is 11.7 Å². The first-order valence-corrected chi connectivity index (χ1v) is 15.8. The molecule has 1 rings (SSSR count). The average molecular weight is 728 g/mol. The number of likely N-dealkylation sites (N-methyl/N-ethyl adjacent to an activating group) is 4. The molecule has 0 aromatic heterocycles. The van der Waals surface area contributed by atoms with Crippen LogP contribution in [0.15, 0.2) is 0 Å². The highest BCUT2D eigenvalue weighted by Crippen LogP contribution is 2.16. The lowest BCUT2D eigenvalue weighted by atomic mass is 9.85. The lowest BCUT2D eigenvalue weighted by Gasteiger charge is -2.23. The number of rotatable bonds is 18. The molecule has 0 bridgehead atoms. The number of hydrogen-bond donors (Lipinski definition) is 9. The van der Waals surface area contributed by atoms with E-state index < -0.39 is 18.0 Å². The molecule has 1 aliphatic rings. The van der Waals surface area contributed by atoms with Crippen LogP contribution in [-0.2, 0) is 38.4 Å². The van der Waals surface area contributed by atoms with Gasteiger partial charge in [0.25, 0.3) is 0 Å². The van der Waals surface area contributed by atoms with E-state index in [1.807, 2.05) is 0 Å². The Hall–Kier alpha value is -3.72. The van der Waals surface area contributed by atoms with Crippen LogP contribution in [0.1, 0.15) is 85.0 Å². The molecule has 0 saturated heterocycles. The fourth-order valence-electron chi connectivity index (χ4n) is 4.16. The summed E-state index contributed by atoms with van der Waals surface area (Å²) in [5.74, 6) is -2.36. The Balaban J connectivity index is -0.000000127. The van der Waals surface area contributed by atoms with Crippen LogP contribution in [0.2, 0.25) is 0 Å². The highest BCUT2D eigenvalue weighted by Gasteiger charge is 2.32. The number of amides is 2. The van der Waals surface area contributed by atoms with Crippen molar-refractivity contribution in [2.75, 3.05) is 35.2 Å². The third-order valence-corrected chi connectivity index (χ3v) is 7.36. The van der Waals surface area contributed by atoms with Gasteiger partial charge >= 0.3 is 11.9 Å². The van der Waals surface area contributed by atoms with Crippen molar-refractivity contribution in [1.82, 2.24) is 32.7 Å². The van der Waals surface area contributed by atoms with E-state index in [1.165, 1.54) is 7.05 Å². The number of nitrogens with two attached hydrogens (primary N) is 1. The summed E-state index contributed by atoms with van der Waals surface area (Å²) in [7, 11) is 8.21. The molecular weight excluding hydrogens is 662 g/mol. The summed E-state index contributed by atoms with van der Waals surface area (Å²) >= 11 is 0. The van der Waals surface area contributed by atoms with Gasteiger partial charge in [0.15, 0.2) is 5.78 Å². The smallest absolute Gasteiger partial charge is 0.320 e. The number of carboxylic acids is 2. The van der Waals surface area contributed by atoms with E-state index in [4.69, 9.17) is 15.9 Å². The van der Waals surface area contributed by atoms with Crippen molar-refractivity contribution in [3.05, 3.63) is 0 Å². The van der Waals surface area contributed by atoms with Gasteiger partial charge in [-0.25, -0.2) is 0 Å². The minimum absolute atomic E-state index is 0. The van der Waals surface area contributed by atoms with Crippen LogP contribution in [0.4, 0.5) is 0 Å². The fraction of sp³-hybridized carbons (Fsp3) is 0.742. The molecule has 5 unspecified atom stereocenters. The summed E-state index contributed by atoms with van der Waals surface area (Å²) in [6.45, 7) is 5.26. The topological polar surface area (TPSA) is 361 Å². The minimum atomic E-state index is -0.929. The van der Waals surface area contributed by atoms with Crippen molar-refractivity contribution >= 4 is 46.9 Å². The van der Waals surface area contributed by atoms with Gasteiger partial charge in [-0.05, 0) is 60.8 Å². The van der Waals surface area contributed by atoms with Gasteiger partial charge in [0.2, 0.25) is 11.8 Å². The van der Waals surface area contributed by atoms with Crippen LogP contribution < -0.4 is 38.5 Å². The van der Waals surface area contributed by atoms with Gasteiger partial charge in [-0.3, -0.25) is 38.4 Å². The molecular formula is C31H65N7O12. The maximum absolute atomic E-state index is 11.3. The van der Waals surface area contributed by atoms with Gasteiger partial charge in [0.05, 0.1) is 24.0 Å². The number of Topliss-reactive ketones (excluding diaryl/α,β-unsaturated/α-hetero) is 4. The van der Waals surface area contributed by atoms with Crippen molar-refractivity contribution in [1.29, 1.82) is 0 Å². The summed E-state index contributed by atoms with van der Waals surface area (Å²) in [5, 5.41) is 30.5. The number of carboxylic acid groups (broad SMARTS) is 2. The first-order chi connectivity index (χ1) is 22.0. The van der Waals surface area contributed by atoms with Crippen LogP contribution in [0.5, 0.6) is 0 Å².